The molecule has 3 aliphatic rings. The van der Waals surface area contributed by atoms with Gasteiger partial charge in [-0.3, -0.25) is 14.4 Å². The quantitative estimate of drug-likeness (QED) is 0.343. The van der Waals surface area contributed by atoms with Gasteiger partial charge in [0.05, 0.1) is 23.2 Å². The number of carbonyl (C=O) groups excluding carboxylic acids is 3. The number of esters is 1. The summed E-state index contributed by atoms with van der Waals surface area (Å²) in [4.78, 5) is 44.7. The van der Waals surface area contributed by atoms with Gasteiger partial charge in [-0.15, -0.1) is 11.8 Å². The molecule has 9 heteroatoms. The van der Waals surface area contributed by atoms with Gasteiger partial charge in [-0.2, -0.15) is 0 Å². The summed E-state index contributed by atoms with van der Waals surface area (Å²) in [5.74, 6) is -1.83. The predicted molar refractivity (Wildman–Crippen MR) is 142 cm³/mol. The first-order valence-corrected chi connectivity index (χ1v) is 14.0. The number of amides is 2. The Hall–Kier alpha value is -2.26. The molecule has 36 heavy (non-hydrogen) atoms. The van der Waals surface area contributed by atoms with Crippen LogP contribution in [0.3, 0.4) is 0 Å². The number of carbonyl (C=O) groups is 3. The van der Waals surface area contributed by atoms with Crippen LogP contribution in [0.25, 0.3) is 0 Å². The third-order valence-corrected chi connectivity index (χ3v) is 10.1. The minimum absolute atomic E-state index is 0.0324. The van der Waals surface area contributed by atoms with Gasteiger partial charge in [0, 0.05) is 42.4 Å². The van der Waals surface area contributed by atoms with E-state index in [1.165, 1.54) is 0 Å². The van der Waals surface area contributed by atoms with Gasteiger partial charge in [0.1, 0.15) is 6.04 Å². The van der Waals surface area contributed by atoms with Crippen molar-refractivity contribution in [2.24, 2.45) is 11.8 Å². The highest BCUT2D eigenvalue weighted by Gasteiger charge is 2.77. The zero-order valence-electron chi connectivity index (χ0n) is 21.8. The molecule has 2 bridgehead atoms. The molecule has 0 aromatic heterocycles. The summed E-state index contributed by atoms with van der Waals surface area (Å²) in [6.45, 7) is 10.5. The van der Waals surface area contributed by atoms with E-state index >= 15 is 0 Å². The van der Waals surface area contributed by atoms with Crippen LogP contribution in [0.2, 0.25) is 0 Å². The summed E-state index contributed by atoms with van der Waals surface area (Å²) in [5.41, 5.74) is 1.78. The van der Waals surface area contributed by atoms with Crippen LogP contribution >= 0.6 is 11.8 Å². The number of nitrogens with one attached hydrogen (secondary N) is 1. The molecule has 1 spiro atoms. The first-order chi connectivity index (χ1) is 17.3. The lowest BCUT2D eigenvalue weighted by molar-refractivity contribution is -0.155. The van der Waals surface area contributed by atoms with Gasteiger partial charge in [-0.25, -0.2) is 0 Å². The van der Waals surface area contributed by atoms with E-state index in [9.17, 15) is 19.5 Å². The molecule has 1 aromatic rings. The van der Waals surface area contributed by atoms with E-state index in [-0.39, 0.29) is 31.0 Å². The van der Waals surface area contributed by atoms with Crippen molar-refractivity contribution in [3.8, 4) is 0 Å². The lowest BCUT2D eigenvalue weighted by atomic mass is 9.66. The van der Waals surface area contributed by atoms with Crippen molar-refractivity contribution in [2.75, 3.05) is 43.1 Å². The van der Waals surface area contributed by atoms with Crippen molar-refractivity contribution in [1.29, 1.82) is 0 Å². The zero-order chi connectivity index (χ0) is 26.1. The van der Waals surface area contributed by atoms with Gasteiger partial charge in [0.25, 0.3) is 0 Å². The molecule has 2 amide bonds. The summed E-state index contributed by atoms with van der Waals surface area (Å²) in [7, 11) is 0. The fraction of sp³-hybridized carbons (Fsp3) is 0.667. The maximum absolute atomic E-state index is 13.9. The van der Waals surface area contributed by atoms with Gasteiger partial charge in [0.15, 0.2) is 0 Å². The predicted octanol–water partition coefficient (Wildman–Crippen LogP) is 3.29. The Balaban J connectivity index is 1.64. The fourth-order valence-corrected chi connectivity index (χ4v) is 8.85. The monoisotopic (exact) mass is 517 g/mol. The molecule has 3 saturated heterocycles. The summed E-state index contributed by atoms with van der Waals surface area (Å²) >= 11 is 1.64. The third kappa shape index (κ3) is 4.38. The molecular formula is C27H39N3O5S. The summed E-state index contributed by atoms with van der Waals surface area (Å²) < 4.78 is 4.33. The standard InChI is InChI=1S/C27H39N3O5S/c1-5-29(6-2)19-12-10-18(11-13-19)28-23(32)22-27-15-14-26(4,36-27)21(25(34)35-7-3)20(27)24(33)30(22)16-8-9-17-31/h10-13,20-22,31H,5-9,14-17H2,1-4H3,(H,28,32)/t20-,21+,22?,26-,27?/m0/s1. The van der Waals surface area contributed by atoms with Crippen LogP contribution in [0, 0.1) is 11.8 Å². The molecule has 2 N–H and O–H groups in total. The topological polar surface area (TPSA) is 99.2 Å². The molecule has 198 valence electrons. The van der Waals surface area contributed by atoms with E-state index in [4.69, 9.17) is 4.74 Å². The van der Waals surface area contributed by atoms with Gasteiger partial charge in [0.2, 0.25) is 11.8 Å². The molecule has 0 aliphatic carbocycles. The van der Waals surface area contributed by atoms with E-state index in [2.05, 4.69) is 24.1 Å². The number of hydrogen-bond donors (Lipinski definition) is 2. The van der Waals surface area contributed by atoms with Crippen molar-refractivity contribution in [2.45, 2.75) is 68.9 Å². The maximum Gasteiger partial charge on any atom is 0.311 e. The maximum atomic E-state index is 13.9. The Kier molecular flexibility index (Phi) is 7.90. The second-order valence-corrected chi connectivity index (χ2v) is 12.0. The van der Waals surface area contributed by atoms with E-state index in [1.54, 1.807) is 23.6 Å². The molecule has 8 nitrogen and oxygen atoms in total. The van der Waals surface area contributed by atoms with Crippen LogP contribution in [0.1, 0.15) is 53.4 Å². The first kappa shape index (κ1) is 26.8. The Morgan fingerprint density at radius 3 is 2.47 bits per heavy atom. The number of fused-ring (bicyclic) bond motifs is 1. The second kappa shape index (κ2) is 10.6. The van der Waals surface area contributed by atoms with E-state index in [0.717, 1.165) is 25.2 Å². The van der Waals surface area contributed by atoms with Crippen LogP contribution in [0.4, 0.5) is 11.4 Å². The lowest BCUT2D eigenvalue weighted by Gasteiger charge is -2.34. The Morgan fingerprint density at radius 1 is 1.17 bits per heavy atom. The summed E-state index contributed by atoms with van der Waals surface area (Å²) in [5, 5.41) is 12.4. The molecule has 4 rings (SSSR count). The molecular weight excluding hydrogens is 478 g/mol. The van der Waals surface area contributed by atoms with Crippen LogP contribution in [0.15, 0.2) is 24.3 Å². The third-order valence-electron chi connectivity index (χ3n) is 8.14. The van der Waals surface area contributed by atoms with Crippen molar-refractivity contribution in [3.05, 3.63) is 24.3 Å². The van der Waals surface area contributed by atoms with E-state index in [0.29, 0.717) is 31.5 Å². The van der Waals surface area contributed by atoms with Crippen LogP contribution in [-0.4, -0.2) is 76.2 Å². The van der Waals surface area contributed by atoms with Crippen molar-refractivity contribution in [3.63, 3.8) is 0 Å². The molecule has 3 fully saturated rings. The lowest BCUT2D eigenvalue weighted by Crippen LogP contribution is -2.51. The molecule has 5 atom stereocenters. The SMILES string of the molecule is CCOC(=O)[C@H]1[C@H]2C(=O)N(CCCCO)C(C(=O)Nc3ccc(N(CC)CC)cc3)C23CC[C@]1(C)S3. The number of anilines is 2. The molecule has 2 unspecified atom stereocenters. The van der Waals surface area contributed by atoms with E-state index < -0.39 is 27.4 Å². The summed E-state index contributed by atoms with van der Waals surface area (Å²) in [6.07, 6.45) is 2.61. The van der Waals surface area contributed by atoms with Gasteiger partial charge < -0.3 is 25.0 Å². The van der Waals surface area contributed by atoms with Gasteiger partial charge in [-0.1, -0.05) is 0 Å². The summed E-state index contributed by atoms with van der Waals surface area (Å²) in [6, 6.07) is 7.11. The van der Waals surface area contributed by atoms with E-state index in [1.807, 2.05) is 31.2 Å². The number of likely N-dealkylation sites (tertiary alicyclic amines) is 1. The zero-order valence-corrected chi connectivity index (χ0v) is 22.6. The normalized spacial score (nSPS) is 30.4. The Morgan fingerprint density at radius 2 is 1.86 bits per heavy atom. The number of ether oxygens (including phenoxy) is 1. The number of hydrogen-bond acceptors (Lipinski definition) is 7. The smallest absolute Gasteiger partial charge is 0.311 e. The minimum atomic E-state index is -0.678. The second-order valence-electron chi connectivity index (χ2n) is 10.2. The number of aliphatic hydroxyl groups excluding tert-OH is 1. The molecule has 3 heterocycles. The van der Waals surface area contributed by atoms with Gasteiger partial charge in [-0.05, 0) is 77.6 Å². The molecule has 3 aliphatic heterocycles. The van der Waals surface area contributed by atoms with Crippen LogP contribution in [-0.2, 0) is 19.1 Å². The average molecular weight is 518 g/mol. The number of aliphatic hydroxyl groups is 1. The number of rotatable bonds is 11. The number of nitrogens with zero attached hydrogens (tertiary/aromatic N) is 2. The highest BCUT2D eigenvalue weighted by molar-refractivity contribution is 8.02. The van der Waals surface area contributed by atoms with Gasteiger partial charge >= 0.3 is 5.97 Å². The number of thioether (sulfide) groups is 1. The first-order valence-electron chi connectivity index (χ1n) is 13.2. The minimum Gasteiger partial charge on any atom is -0.466 e. The fourth-order valence-electron chi connectivity index (χ4n) is 6.51. The van der Waals surface area contributed by atoms with Crippen molar-refractivity contribution in [1.82, 2.24) is 4.90 Å². The van der Waals surface area contributed by atoms with Crippen LogP contribution in [0.5, 0.6) is 0 Å². The Labute approximate surface area is 218 Å². The highest BCUT2D eigenvalue weighted by atomic mass is 32.2. The largest absolute Gasteiger partial charge is 0.466 e. The average Bonchev–Trinajstić information content (AvgIpc) is 3.42. The molecule has 0 saturated carbocycles. The van der Waals surface area contributed by atoms with Crippen molar-refractivity contribution >= 4 is 40.9 Å². The Bertz CT molecular complexity index is 984. The highest BCUT2D eigenvalue weighted by Crippen LogP contribution is 2.71. The number of unbranched alkanes of at least 4 members (excludes halogenated alkanes) is 1. The van der Waals surface area contributed by atoms with Crippen LogP contribution < -0.4 is 10.2 Å². The molecule has 1 aromatic carbocycles. The van der Waals surface area contributed by atoms with Crippen molar-refractivity contribution < 1.29 is 24.2 Å². The number of benzene rings is 1. The molecule has 0 radical (unpaired) electrons.